The van der Waals surface area contributed by atoms with Crippen LogP contribution in [-0.2, 0) is 0 Å². The summed E-state index contributed by atoms with van der Waals surface area (Å²) in [5.41, 5.74) is 10.8. The van der Waals surface area contributed by atoms with Gasteiger partial charge in [-0.15, -0.1) is 0 Å². The summed E-state index contributed by atoms with van der Waals surface area (Å²) in [5.74, 6) is 0.449. The van der Waals surface area contributed by atoms with Crippen molar-refractivity contribution < 1.29 is 4.74 Å². The van der Waals surface area contributed by atoms with Gasteiger partial charge in [-0.25, -0.2) is 0 Å². The number of hydrogen-bond donors (Lipinski definition) is 2. The number of aromatic nitrogens is 1. The van der Waals surface area contributed by atoms with E-state index in [1.807, 2.05) is 6.92 Å². The van der Waals surface area contributed by atoms with Crippen LogP contribution in [0.25, 0.3) is 0 Å². The van der Waals surface area contributed by atoms with Gasteiger partial charge in [0.2, 0.25) is 0 Å². The average Bonchev–Trinajstić information content (AvgIpc) is 2.13. The number of thiazole rings is 1. The third-order valence-electron chi connectivity index (χ3n) is 0.918. The summed E-state index contributed by atoms with van der Waals surface area (Å²) in [6.07, 6.45) is 0. The van der Waals surface area contributed by atoms with Gasteiger partial charge < -0.3 is 16.2 Å². The molecule has 0 aromatic carbocycles. The van der Waals surface area contributed by atoms with Gasteiger partial charge in [0.05, 0.1) is 6.61 Å². The number of hydrogen-bond acceptors (Lipinski definition) is 5. The van der Waals surface area contributed by atoms with Gasteiger partial charge in [0.15, 0.2) is 10.1 Å². The Morgan fingerprint density at radius 1 is 1.60 bits per heavy atom. The first-order valence-corrected chi connectivity index (χ1v) is 3.70. The highest BCUT2D eigenvalue weighted by Crippen LogP contribution is 2.28. The summed E-state index contributed by atoms with van der Waals surface area (Å²) in [6, 6.07) is 0. The Morgan fingerprint density at radius 3 is 2.70 bits per heavy atom. The van der Waals surface area contributed by atoms with E-state index in [0.29, 0.717) is 22.6 Å². The number of rotatable bonds is 2. The van der Waals surface area contributed by atoms with Crippen molar-refractivity contribution in [2.24, 2.45) is 0 Å². The molecule has 5 heteroatoms. The molecule has 0 aliphatic carbocycles. The molecule has 4 N–H and O–H groups in total. The molecule has 0 saturated carbocycles. The molecule has 0 atom stereocenters. The summed E-state index contributed by atoms with van der Waals surface area (Å²) in [7, 11) is 0. The molecule has 0 saturated heterocycles. The minimum atomic E-state index is 0.445. The quantitative estimate of drug-likeness (QED) is 0.666. The molecule has 1 rings (SSSR count). The van der Waals surface area contributed by atoms with Crippen LogP contribution < -0.4 is 16.2 Å². The van der Waals surface area contributed by atoms with Crippen molar-refractivity contribution in [2.45, 2.75) is 6.92 Å². The Kier molecular flexibility index (Phi) is 1.96. The van der Waals surface area contributed by atoms with Crippen molar-refractivity contribution in [3.63, 3.8) is 0 Å². The third kappa shape index (κ3) is 1.30. The topological polar surface area (TPSA) is 74.2 Å². The van der Waals surface area contributed by atoms with Gasteiger partial charge >= 0.3 is 0 Å². The summed E-state index contributed by atoms with van der Waals surface area (Å²) >= 11 is 1.23. The molecule has 0 fully saturated rings. The van der Waals surface area contributed by atoms with E-state index in [1.54, 1.807) is 0 Å². The predicted molar refractivity (Wildman–Crippen MR) is 42.1 cm³/mol. The van der Waals surface area contributed by atoms with Gasteiger partial charge in [-0.1, -0.05) is 11.3 Å². The lowest BCUT2D eigenvalue weighted by Crippen LogP contribution is -1.94. The van der Waals surface area contributed by atoms with Crippen LogP contribution in [0.2, 0.25) is 0 Å². The molecule has 56 valence electrons. The largest absolute Gasteiger partial charge is 0.476 e. The van der Waals surface area contributed by atoms with E-state index < -0.39 is 0 Å². The molecule has 0 unspecified atom stereocenters. The van der Waals surface area contributed by atoms with Gasteiger partial charge in [-0.3, -0.25) is 0 Å². The molecule has 0 aliphatic heterocycles. The number of nitrogens with two attached hydrogens (primary N) is 2. The maximum Gasteiger partial charge on any atom is 0.250 e. The Labute approximate surface area is 62.8 Å². The fraction of sp³-hybridized carbons (Fsp3) is 0.400. The zero-order valence-corrected chi connectivity index (χ0v) is 6.44. The molecule has 10 heavy (non-hydrogen) atoms. The Morgan fingerprint density at radius 2 is 2.30 bits per heavy atom. The molecular weight excluding hydrogens is 150 g/mol. The molecule has 4 nitrogen and oxygen atoms in total. The number of ether oxygens (including phenoxy) is 1. The maximum absolute atomic E-state index is 5.48. The van der Waals surface area contributed by atoms with E-state index in [1.165, 1.54) is 11.3 Å². The van der Waals surface area contributed by atoms with Gasteiger partial charge in [0.1, 0.15) is 0 Å². The normalized spacial score (nSPS) is 9.70. The fourth-order valence-electron chi connectivity index (χ4n) is 0.574. The molecule has 0 aliphatic rings. The Balaban J connectivity index is 2.81. The standard InChI is InChI=1S/C5H9N3OS/c1-2-9-4-3(6)10-5(7)8-4/h2,6H2,1H3,(H2,7,8). The van der Waals surface area contributed by atoms with E-state index in [-0.39, 0.29) is 0 Å². The second kappa shape index (κ2) is 2.74. The fourth-order valence-corrected chi connectivity index (χ4v) is 1.12. The molecule has 0 radical (unpaired) electrons. The second-order valence-electron chi connectivity index (χ2n) is 1.65. The molecule has 0 spiro atoms. The number of nitrogens with zero attached hydrogens (tertiary/aromatic N) is 1. The van der Waals surface area contributed by atoms with Crippen LogP contribution in [0, 0.1) is 0 Å². The molecule has 1 heterocycles. The van der Waals surface area contributed by atoms with Crippen LogP contribution in [0.3, 0.4) is 0 Å². The smallest absolute Gasteiger partial charge is 0.250 e. The van der Waals surface area contributed by atoms with Crippen molar-refractivity contribution in [3.8, 4) is 5.88 Å². The lowest BCUT2D eigenvalue weighted by molar-refractivity contribution is 0.331. The van der Waals surface area contributed by atoms with E-state index in [9.17, 15) is 0 Å². The van der Waals surface area contributed by atoms with Crippen LogP contribution >= 0.6 is 11.3 Å². The van der Waals surface area contributed by atoms with Crippen molar-refractivity contribution >= 4 is 21.5 Å². The Hall–Kier alpha value is -0.970. The van der Waals surface area contributed by atoms with Crippen LogP contribution in [0.4, 0.5) is 10.1 Å². The van der Waals surface area contributed by atoms with Crippen molar-refractivity contribution in [1.29, 1.82) is 0 Å². The zero-order valence-electron chi connectivity index (χ0n) is 5.63. The first-order valence-electron chi connectivity index (χ1n) is 2.88. The number of anilines is 2. The molecule has 1 aromatic heterocycles. The summed E-state index contributed by atoms with van der Waals surface area (Å²) in [5, 5.41) is 0.986. The van der Waals surface area contributed by atoms with E-state index in [4.69, 9.17) is 16.2 Å². The second-order valence-corrected chi connectivity index (χ2v) is 2.72. The molecule has 1 aromatic rings. The highest BCUT2D eigenvalue weighted by molar-refractivity contribution is 7.19. The lowest BCUT2D eigenvalue weighted by Gasteiger charge is -1.96. The summed E-state index contributed by atoms with van der Waals surface area (Å²) < 4.78 is 5.05. The first-order chi connectivity index (χ1) is 4.74. The maximum atomic E-state index is 5.48. The van der Waals surface area contributed by atoms with Crippen LogP contribution in [-0.4, -0.2) is 11.6 Å². The number of nitrogen functional groups attached to an aromatic ring is 2. The van der Waals surface area contributed by atoms with E-state index in [0.717, 1.165) is 0 Å². The van der Waals surface area contributed by atoms with Gasteiger partial charge in [0, 0.05) is 0 Å². The summed E-state index contributed by atoms with van der Waals surface area (Å²) in [4.78, 5) is 3.85. The van der Waals surface area contributed by atoms with Crippen molar-refractivity contribution in [1.82, 2.24) is 4.98 Å². The van der Waals surface area contributed by atoms with Crippen LogP contribution in [0.5, 0.6) is 5.88 Å². The third-order valence-corrected chi connectivity index (χ3v) is 1.61. The van der Waals surface area contributed by atoms with E-state index >= 15 is 0 Å². The zero-order chi connectivity index (χ0) is 7.56. The Bertz CT molecular complexity index is 223. The first kappa shape index (κ1) is 7.14. The lowest BCUT2D eigenvalue weighted by atomic mass is 10.7. The highest BCUT2D eigenvalue weighted by Gasteiger charge is 2.04. The predicted octanol–water partition coefficient (Wildman–Crippen LogP) is 0.706. The van der Waals surface area contributed by atoms with Crippen LogP contribution in [0.15, 0.2) is 0 Å². The molecule has 0 bridgehead atoms. The van der Waals surface area contributed by atoms with Gasteiger partial charge in [-0.2, -0.15) is 4.98 Å². The summed E-state index contributed by atoms with van der Waals surface area (Å²) in [6.45, 7) is 2.43. The minimum absolute atomic E-state index is 0.445. The van der Waals surface area contributed by atoms with Crippen LogP contribution in [0.1, 0.15) is 6.92 Å². The van der Waals surface area contributed by atoms with Gasteiger partial charge in [-0.05, 0) is 6.92 Å². The van der Waals surface area contributed by atoms with E-state index in [2.05, 4.69) is 4.98 Å². The molecular formula is C5H9N3OS. The highest BCUT2D eigenvalue weighted by atomic mass is 32.1. The van der Waals surface area contributed by atoms with Crippen molar-refractivity contribution in [3.05, 3.63) is 0 Å². The monoisotopic (exact) mass is 159 g/mol. The SMILES string of the molecule is CCOc1nc(N)sc1N. The van der Waals surface area contributed by atoms with Gasteiger partial charge in [0.25, 0.3) is 5.88 Å². The molecule has 0 amide bonds. The minimum Gasteiger partial charge on any atom is -0.476 e. The van der Waals surface area contributed by atoms with Crippen molar-refractivity contribution in [2.75, 3.05) is 18.1 Å². The average molecular weight is 159 g/mol.